The largest absolute Gasteiger partial charge is 0.505 e. The molecular formula is C13H10ClFO2. The van der Waals surface area contributed by atoms with E-state index in [-0.39, 0.29) is 5.75 Å². The van der Waals surface area contributed by atoms with Gasteiger partial charge in [-0.05, 0) is 35.9 Å². The normalized spacial score (nSPS) is 10.3. The van der Waals surface area contributed by atoms with Crippen molar-refractivity contribution >= 4 is 11.6 Å². The Labute approximate surface area is 103 Å². The highest BCUT2D eigenvalue weighted by Gasteiger charge is 2.09. The Kier molecular flexibility index (Phi) is 3.20. The predicted molar refractivity (Wildman–Crippen MR) is 65.1 cm³/mol. The second-order valence-electron chi connectivity index (χ2n) is 3.51. The molecule has 0 unspecified atom stereocenters. The SMILES string of the molecule is COc1cc(Cl)ccc1-c1ccc(O)c(F)c1. The van der Waals surface area contributed by atoms with Gasteiger partial charge in [-0.1, -0.05) is 17.7 Å². The van der Waals surface area contributed by atoms with Crippen molar-refractivity contribution in [2.45, 2.75) is 0 Å². The number of benzene rings is 2. The average Bonchev–Trinajstić information content (AvgIpc) is 2.32. The molecule has 2 nitrogen and oxygen atoms in total. The van der Waals surface area contributed by atoms with Crippen LogP contribution in [0.25, 0.3) is 11.1 Å². The number of hydrogen-bond donors (Lipinski definition) is 1. The summed E-state index contributed by atoms with van der Waals surface area (Å²) in [7, 11) is 1.52. The van der Waals surface area contributed by atoms with Crippen LogP contribution in [0, 0.1) is 5.82 Å². The Bertz CT molecular complexity index is 555. The first-order valence-electron chi connectivity index (χ1n) is 4.94. The minimum atomic E-state index is -0.667. The smallest absolute Gasteiger partial charge is 0.165 e. The van der Waals surface area contributed by atoms with E-state index in [9.17, 15) is 4.39 Å². The third-order valence-electron chi connectivity index (χ3n) is 2.42. The molecule has 88 valence electrons. The van der Waals surface area contributed by atoms with Crippen LogP contribution in [-0.2, 0) is 0 Å². The van der Waals surface area contributed by atoms with Crippen molar-refractivity contribution in [2.75, 3.05) is 7.11 Å². The molecule has 0 aliphatic rings. The molecule has 17 heavy (non-hydrogen) atoms. The van der Waals surface area contributed by atoms with Gasteiger partial charge in [-0.25, -0.2) is 4.39 Å². The van der Waals surface area contributed by atoms with Crippen molar-refractivity contribution < 1.29 is 14.2 Å². The molecule has 0 amide bonds. The highest BCUT2D eigenvalue weighted by molar-refractivity contribution is 6.30. The quantitative estimate of drug-likeness (QED) is 0.879. The lowest BCUT2D eigenvalue weighted by molar-refractivity contribution is 0.416. The number of rotatable bonds is 2. The van der Waals surface area contributed by atoms with Gasteiger partial charge in [0.1, 0.15) is 5.75 Å². The molecule has 0 aliphatic carbocycles. The van der Waals surface area contributed by atoms with Gasteiger partial charge < -0.3 is 9.84 Å². The van der Waals surface area contributed by atoms with Gasteiger partial charge in [-0.15, -0.1) is 0 Å². The van der Waals surface area contributed by atoms with Gasteiger partial charge in [0.05, 0.1) is 7.11 Å². The van der Waals surface area contributed by atoms with Gasteiger partial charge in [0, 0.05) is 10.6 Å². The van der Waals surface area contributed by atoms with Crippen molar-refractivity contribution in [1.29, 1.82) is 0 Å². The summed E-state index contributed by atoms with van der Waals surface area (Å²) in [5.74, 6) is -0.483. The fourth-order valence-corrected chi connectivity index (χ4v) is 1.74. The van der Waals surface area contributed by atoms with E-state index < -0.39 is 5.82 Å². The van der Waals surface area contributed by atoms with Crippen LogP contribution < -0.4 is 4.74 Å². The van der Waals surface area contributed by atoms with E-state index in [1.54, 1.807) is 24.3 Å². The second kappa shape index (κ2) is 4.63. The summed E-state index contributed by atoms with van der Waals surface area (Å²) in [6.45, 7) is 0. The molecule has 0 heterocycles. The van der Waals surface area contributed by atoms with Crippen LogP contribution >= 0.6 is 11.6 Å². The Hall–Kier alpha value is -1.74. The van der Waals surface area contributed by atoms with Crippen molar-refractivity contribution in [1.82, 2.24) is 0 Å². The molecule has 1 N–H and O–H groups in total. The lowest BCUT2D eigenvalue weighted by Crippen LogP contribution is -1.88. The predicted octanol–water partition coefficient (Wildman–Crippen LogP) is 3.86. The van der Waals surface area contributed by atoms with E-state index in [2.05, 4.69) is 0 Å². The molecular weight excluding hydrogens is 243 g/mol. The third kappa shape index (κ3) is 2.34. The summed E-state index contributed by atoms with van der Waals surface area (Å²) in [6, 6.07) is 9.27. The standard InChI is InChI=1S/C13H10ClFO2/c1-17-13-7-9(14)3-4-10(13)8-2-5-12(16)11(15)6-8/h2-7,16H,1H3. The molecule has 0 bridgehead atoms. The Morgan fingerprint density at radius 3 is 2.59 bits per heavy atom. The van der Waals surface area contributed by atoms with Crippen LogP contribution in [0.2, 0.25) is 5.02 Å². The first-order valence-corrected chi connectivity index (χ1v) is 5.32. The monoisotopic (exact) mass is 252 g/mol. The van der Waals surface area contributed by atoms with E-state index in [1.807, 2.05) is 0 Å². The summed E-state index contributed by atoms with van der Waals surface area (Å²) in [4.78, 5) is 0. The molecule has 0 spiro atoms. The van der Waals surface area contributed by atoms with Crippen LogP contribution in [0.3, 0.4) is 0 Å². The first kappa shape index (κ1) is 11.7. The first-order chi connectivity index (χ1) is 8.11. The number of methoxy groups -OCH3 is 1. The molecule has 0 fully saturated rings. The molecule has 0 radical (unpaired) electrons. The van der Waals surface area contributed by atoms with Gasteiger partial charge in [0.15, 0.2) is 11.6 Å². The summed E-state index contributed by atoms with van der Waals surface area (Å²) in [6.07, 6.45) is 0. The molecule has 2 aromatic carbocycles. The number of ether oxygens (including phenoxy) is 1. The van der Waals surface area contributed by atoms with Gasteiger partial charge in [0.25, 0.3) is 0 Å². The maximum absolute atomic E-state index is 13.3. The zero-order chi connectivity index (χ0) is 12.4. The van der Waals surface area contributed by atoms with Crippen LogP contribution in [-0.4, -0.2) is 12.2 Å². The van der Waals surface area contributed by atoms with E-state index in [4.69, 9.17) is 21.4 Å². The Morgan fingerprint density at radius 2 is 1.94 bits per heavy atom. The van der Waals surface area contributed by atoms with E-state index in [0.29, 0.717) is 16.3 Å². The zero-order valence-electron chi connectivity index (χ0n) is 9.08. The molecule has 4 heteroatoms. The maximum atomic E-state index is 13.3. The lowest BCUT2D eigenvalue weighted by atomic mass is 10.0. The molecule has 0 saturated heterocycles. The highest BCUT2D eigenvalue weighted by Crippen LogP contribution is 2.33. The highest BCUT2D eigenvalue weighted by atomic mass is 35.5. The number of aromatic hydroxyl groups is 1. The molecule has 0 saturated carbocycles. The number of hydrogen-bond acceptors (Lipinski definition) is 2. The van der Waals surface area contributed by atoms with Gasteiger partial charge in [-0.2, -0.15) is 0 Å². The van der Waals surface area contributed by atoms with E-state index in [0.717, 1.165) is 5.56 Å². The topological polar surface area (TPSA) is 29.5 Å². The Morgan fingerprint density at radius 1 is 1.18 bits per heavy atom. The summed E-state index contributed by atoms with van der Waals surface area (Å²) in [5, 5.41) is 9.68. The Balaban J connectivity index is 2.55. The third-order valence-corrected chi connectivity index (χ3v) is 2.66. The second-order valence-corrected chi connectivity index (χ2v) is 3.95. The summed E-state index contributed by atoms with van der Waals surface area (Å²) in [5.41, 5.74) is 1.34. The zero-order valence-corrected chi connectivity index (χ0v) is 9.83. The number of halogens is 2. The van der Waals surface area contributed by atoms with E-state index >= 15 is 0 Å². The molecule has 2 rings (SSSR count). The molecule has 0 aliphatic heterocycles. The average molecular weight is 253 g/mol. The van der Waals surface area contributed by atoms with Crippen molar-refractivity contribution in [3.8, 4) is 22.6 Å². The molecule has 0 aromatic heterocycles. The van der Waals surface area contributed by atoms with Crippen LogP contribution in [0.4, 0.5) is 4.39 Å². The number of phenolic OH excluding ortho intramolecular Hbond substituents is 1. The molecule has 2 aromatic rings. The maximum Gasteiger partial charge on any atom is 0.165 e. The van der Waals surface area contributed by atoms with Crippen molar-refractivity contribution in [3.63, 3.8) is 0 Å². The van der Waals surface area contributed by atoms with Crippen molar-refractivity contribution in [2.24, 2.45) is 0 Å². The minimum absolute atomic E-state index is 0.373. The fraction of sp³-hybridized carbons (Fsp3) is 0.0769. The minimum Gasteiger partial charge on any atom is -0.505 e. The van der Waals surface area contributed by atoms with Crippen LogP contribution in [0.5, 0.6) is 11.5 Å². The molecule has 0 atom stereocenters. The van der Waals surface area contributed by atoms with Gasteiger partial charge in [-0.3, -0.25) is 0 Å². The summed E-state index contributed by atoms with van der Waals surface area (Å²) >= 11 is 5.85. The number of phenols is 1. The summed E-state index contributed by atoms with van der Waals surface area (Å²) < 4.78 is 18.4. The van der Waals surface area contributed by atoms with Crippen LogP contribution in [0.1, 0.15) is 0 Å². The fourth-order valence-electron chi connectivity index (χ4n) is 1.58. The van der Waals surface area contributed by atoms with Gasteiger partial charge in [0.2, 0.25) is 0 Å². The van der Waals surface area contributed by atoms with Crippen LogP contribution in [0.15, 0.2) is 36.4 Å². The van der Waals surface area contributed by atoms with Crippen molar-refractivity contribution in [3.05, 3.63) is 47.2 Å². The lowest BCUT2D eigenvalue weighted by Gasteiger charge is -2.09. The van der Waals surface area contributed by atoms with E-state index in [1.165, 1.54) is 19.2 Å². The van der Waals surface area contributed by atoms with Gasteiger partial charge >= 0.3 is 0 Å².